The Morgan fingerprint density at radius 2 is 2.07 bits per heavy atom. The number of Topliss-reactive ketones (excluding diaryl/α,β-unsaturated/α-hetero) is 1. The first-order chi connectivity index (χ1) is 12.6. The van der Waals surface area contributed by atoms with Crippen molar-refractivity contribution in [3.05, 3.63) is 62.7 Å². The number of non-ortho nitro benzene ring substituents is 1. The molecule has 0 saturated heterocycles. The van der Waals surface area contributed by atoms with Gasteiger partial charge in [0, 0.05) is 30.5 Å². The maximum Gasteiger partial charge on any atom is 0.340 e. The molecule has 0 bridgehead atoms. The smallest absolute Gasteiger partial charge is 0.340 e. The van der Waals surface area contributed by atoms with Crippen LogP contribution in [0, 0.1) is 15.5 Å². The minimum Gasteiger partial charge on any atom is -0.465 e. The van der Waals surface area contributed by atoms with E-state index >= 15 is 0 Å². The van der Waals surface area contributed by atoms with Gasteiger partial charge in [0.05, 0.1) is 18.0 Å². The van der Waals surface area contributed by atoms with Gasteiger partial charge in [-0.25, -0.2) is 4.79 Å². The molecule has 8 heteroatoms. The number of hydrogen-bond acceptors (Lipinski definition) is 7. The Morgan fingerprint density at radius 3 is 2.70 bits per heavy atom. The van der Waals surface area contributed by atoms with Crippen LogP contribution in [0.3, 0.4) is 0 Å². The number of nitrogens with zero attached hydrogens (tertiary/aromatic N) is 1. The molecule has 0 unspecified atom stereocenters. The molecule has 142 valence electrons. The van der Waals surface area contributed by atoms with E-state index in [2.05, 4.69) is 0 Å². The summed E-state index contributed by atoms with van der Waals surface area (Å²) in [5.74, 6) is -1.54. The van der Waals surface area contributed by atoms with Gasteiger partial charge in [-0.3, -0.25) is 14.9 Å². The van der Waals surface area contributed by atoms with Crippen LogP contribution in [0.2, 0.25) is 0 Å². The summed E-state index contributed by atoms with van der Waals surface area (Å²) in [5, 5.41) is 11.2. The van der Waals surface area contributed by atoms with Crippen LogP contribution < -0.4 is 5.73 Å². The van der Waals surface area contributed by atoms with Crippen molar-refractivity contribution in [3.8, 4) is 0 Å². The van der Waals surface area contributed by atoms with Crippen molar-refractivity contribution in [1.29, 1.82) is 0 Å². The summed E-state index contributed by atoms with van der Waals surface area (Å²) in [6.45, 7) is 3.88. The fourth-order valence-corrected chi connectivity index (χ4v) is 3.64. The number of carbonyl (C=O) groups excluding carboxylic acids is 2. The Balaban J connectivity index is 2.23. The average Bonchev–Trinajstić information content (AvgIpc) is 2.58. The van der Waals surface area contributed by atoms with Gasteiger partial charge in [-0.1, -0.05) is 26.0 Å². The molecule has 1 atom stereocenters. The topological polar surface area (TPSA) is 122 Å². The number of ether oxygens (including phenoxy) is 2. The average molecular weight is 372 g/mol. The molecule has 0 aromatic heterocycles. The van der Waals surface area contributed by atoms with Gasteiger partial charge >= 0.3 is 5.97 Å². The lowest BCUT2D eigenvalue weighted by Crippen LogP contribution is -2.35. The lowest BCUT2D eigenvalue weighted by molar-refractivity contribution is -0.384. The monoisotopic (exact) mass is 372 g/mol. The van der Waals surface area contributed by atoms with Gasteiger partial charge in [0.1, 0.15) is 11.3 Å². The highest BCUT2D eigenvalue weighted by atomic mass is 16.6. The van der Waals surface area contributed by atoms with Gasteiger partial charge in [-0.2, -0.15) is 0 Å². The van der Waals surface area contributed by atoms with Crippen LogP contribution >= 0.6 is 0 Å². The van der Waals surface area contributed by atoms with E-state index in [1.807, 2.05) is 13.8 Å². The van der Waals surface area contributed by atoms with Gasteiger partial charge in [0.25, 0.3) is 5.69 Å². The van der Waals surface area contributed by atoms with Crippen molar-refractivity contribution in [2.24, 2.45) is 11.1 Å². The number of nitrogens with two attached hydrogens (primary N) is 1. The number of allylic oxidation sites excluding steroid dienone is 2. The summed E-state index contributed by atoms with van der Waals surface area (Å²) in [7, 11) is 1.20. The lowest BCUT2D eigenvalue weighted by Gasteiger charge is -2.37. The van der Waals surface area contributed by atoms with Crippen molar-refractivity contribution < 1.29 is 24.0 Å². The highest BCUT2D eigenvalue weighted by molar-refractivity contribution is 6.03. The third-order valence-corrected chi connectivity index (χ3v) is 4.77. The molecule has 8 nitrogen and oxygen atoms in total. The highest BCUT2D eigenvalue weighted by Crippen LogP contribution is 2.48. The zero-order valence-corrected chi connectivity index (χ0v) is 15.3. The Kier molecular flexibility index (Phi) is 4.51. The second-order valence-electron chi connectivity index (χ2n) is 7.43. The van der Waals surface area contributed by atoms with Crippen molar-refractivity contribution in [1.82, 2.24) is 0 Å². The molecule has 3 rings (SSSR count). The first kappa shape index (κ1) is 18.6. The third kappa shape index (κ3) is 3.30. The summed E-state index contributed by atoms with van der Waals surface area (Å²) >= 11 is 0. The second kappa shape index (κ2) is 6.53. The Hall–Kier alpha value is -3.16. The molecular formula is C19H20N2O6. The van der Waals surface area contributed by atoms with E-state index in [0.717, 1.165) is 0 Å². The van der Waals surface area contributed by atoms with Crippen LogP contribution in [0.1, 0.15) is 38.2 Å². The van der Waals surface area contributed by atoms with Crippen LogP contribution in [-0.4, -0.2) is 23.8 Å². The van der Waals surface area contributed by atoms with E-state index in [1.54, 1.807) is 6.07 Å². The quantitative estimate of drug-likeness (QED) is 0.492. The Bertz CT molecular complexity index is 913. The summed E-state index contributed by atoms with van der Waals surface area (Å²) in [6.07, 6.45) is 0.740. The third-order valence-electron chi connectivity index (χ3n) is 4.77. The number of nitro groups is 1. The minimum atomic E-state index is -0.871. The van der Waals surface area contributed by atoms with E-state index in [0.29, 0.717) is 23.3 Å². The zero-order valence-electron chi connectivity index (χ0n) is 15.3. The maximum atomic E-state index is 12.9. The molecule has 0 saturated carbocycles. The molecule has 0 amide bonds. The highest BCUT2D eigenvalue weighted by Gasteiger charge is 2.45. The summed E-state index contributed by atoms with van der Waals surface area (Å²) < 4.78 is 10.5. The molecule has 1 aromatic carbocycles. The fourth-order valence-electron chi connectivity index (χ4n) is 3.64. The Morgan fingerprint density at radius 1 is 1.37 bits per heavy atom. The van der Waals surface area contributed by atoms with E-state index in [1.165, 1.54) is 25.3 Å². The molecule has 0 fully saturated rings. The van der Waals surface area contributed by atoms with Gasteiger partial charge in [-0.05, 0) is 11.0 Å². The molecule has 0 spiro atoms. The SMILES string of the molecule is COC(=O)C1=C(N)OC2=C(C(=O)CC(C)(C)C2)[C@@H]1c1cccc([N+](=O)[O-])c1. The minimum absolute atomic E-state index is 0.0233. The van der Waals surface area contributed by atoms with Crippen LogP contribution in [0.15, 0.2) is 47.1 Å². The van der Waals surface area contributed by atoms with Crippen molar-refractivity contribution in [3.63, 3.8) is 0 Å². The predicted octanol–water partition coefficient (Wildman–Crippen LogP) is 2.70. The van der Waals surface area contributed by atoms with Gasteiger partial charge < -0.3 is 15.2 Å². The first-order valence-electron chi connectivity index (χ1n) is 8.41. The summed E-state index contributed by atoms with van der Waals surface area (Å²) in [6, 6.07) is 5.81. The molecule has 1 aromatic rings. The van der Waals surface area contributed by atoms with Crippen molar-refractivity contribution in [2.75, 3.05) is 7.11 Å². The van der Waals surface area contributed by atoms with Crippen LogP contribution in [0.5, 0.6) is 0 Å². The number of hydrogen-bond donors (Lipinski definition) is 1. The fraction of sp³-hybridized carbons (Fsp3) is 0.368. The van der Waals surface area contributed by atoms with Gasteiger partial charge in [0.15, 0.2) is 5.78 Å². The number of nitro benzene ring substituents is 1. The van der Waals surface area contributed by atoms with E-state index < -0.39 is 16.8 Å². The van der Waals surface area contributed by atoms with Crippen LogP contribution in [0.25, 0.3) is 0 Å². The predicted molar refractivity (Wildman–Crippen MR) is 95.2 cm³/mol. The molecule has 0 radical (unpaired) electrons. The van der Waals surface area contributed by atoms with E-state index in [-0.39, 0.29) is 34.8 Å². The molecule has 2 aliphatic rings. The van der Waals surface area contributed by atoms with Crippen LogP contribution in [0.4, 0.5) is 5.69 Å². The lowest BCUT2D eigenvalue weighted by atomic mass is 9.70. The molecular weight excluding hydrogens is 352 g/mol. The molecule has 1 aliphatic heterocycles. The second-order valence-corrected chi connectivity index (χ2v) is 7.43. The van der Waals surface area contributed by atoms with Gasteiger partial charge in [0.2, 0.25) is 5.88 Å². The number of carbonyl (C=O) groups is 2. The number of esters is 1. The maximum absolute atomic E-state index is 12.9. The standard InChI is InChI=1S/C19H20N2O6/c1-19(2)8-12(22)15-13(9-19)27-17(20)16(18(23)26-3)14(15)10-5-4-6-11(7-10)21(24)25/h4-7,14H,8-9,20H2,1-3H3/t14-/m0/s1. The normalized spacial score (nSPS) is 21.4. The van der Waals surface area contributed by atoms with E-state index in [4.69, 9.17) is 15.2 Å². The van der Waals surface area contributed by atoms with Crippen molar-refractivity contribution in [2.45, 2.75) is 32.6 Å². The summed E-state index contributed by atoms with van der Waals surface area (Å²) in [5.41, 5.74) is 6.24. The molecule has 1 aliphatic carbocycles. The molecule has 1 heterocycles. The van der Waals surface area contributed by atoms with Crippen molar-refractivity contribution >= 4 is 17.4 Å². The number of ketones is 1. The largest absolute Gasteiger partial charge is 0.465 e. The number of rotatable bonds is 3. The van der Waals surface area contributed by atoms with Gasteiger partial charge in [-0.15, -0.1) is 0 Å². The number of benzene rings is 1. The Labute approximate surface area is 155 Å². The number of methoxy groups -OCH3 is 1. The zero-order chi connectivity index (χ0) is 19.9. The van der Waals surface area contributed by atoms with E-state index in [9.17, 15) is 19.7 Å². The first-order valence-corrected chi connectivity index (χ1v) is 8.41. The summed E-state index contributed by atoms with van der Waals surface area (Å²) in [4.78, 5) is 35.9. The molecule has 2 N–H and O–H groups in total. The van der Waals surface area contributed by atoms with Crippen LogP contribution in [-0.2, 0) is 19.1 Å². The molecule has 27 heavy (non-hydrogen) atoms.